The van der Waals surface area contributed by atoms with E-state index in [4.69, 9.17) is 10.2 Å². The van der Waals surface area contributed by atoms with Crippen LogP contribution in [0.2, 0.25) is 0 Å². The van der Waals surface area contributed by atoms with E-state index in [9.17, 15) is 22.8 Å². The summed E-state index contributed by atoms with van der Waals surface area (Å²) < 4.78 is 34.9. The minimum Gasteiger partial charge on any atom is -0.479 e. The van der Waals surface area contributed by atoms with E-state index in [0.29, 0.717) is 0 Å². The molecule has 0 aromatic carbocycles. The third-order valence-corrected chi connectivity index (χ3v) is 1.41. The van der Waals surface area contributed by atoms with Crippen LogP contribution in [-0.4, -0.2) is 40.9 Å². The zero-order valence-corrected chi connectivity index (χ0v) is 7.54. The van der Waals surface area contributed by atoms with E-state index in [1.807, 2.05) is 5.32 Å². The summed E-state index contributed by atoms with van der Waals surface area (Å²) in [5, 5.41) is 18.7. The predicted octanol–water partition coefficient (Wildman–Crippen LogP) is -0.109. The number of hydrogen-bond donors (Lipinski definition) is 3. The summed E-state index contributed by atoms with van der Waals surface area (Å²) in [5.74, 6) is -2.50. The number of amides is 1. The second-order valence-electron chi connectivity index (χ2n) is 2.77. The molecule has 0 heterocycles. The maximum atomic E-state index is 11.6. The van der Waals surface area contributed by atoms with Crippen LogP contribution in [0.25, 0.3) is 0 Å². The average molecular weight is 229 g/mol. The fraction of sp³-hybridized carbons (Fsp3) is 0.714. The van der Waals surface area contributed by atoms with Gasteiger partial charge in [0, 0.05) is 6.42 Å². The summed E-state index contributed by atoms with van der Waals surface area (Å²) in [6, 6.07) is 0. The van der Waals surface area contributed by atoms with Gasteiger partial charge in [-0.2, -0.15) is 13.2 Å². The summed E-state index contributed by atoms with van der Waals surface area (Å²) in [5.41, 5.74) is 0. The number of halogens is 3. The molecule has 0 saturated carbocycles. The monoisotopic (exact) mass is 229 g/mol. The number of aliphatic hydroxyl groups excluding tert-OH is 1. The van der Waals surface area contributed by atoms with Crippen LogP contribution < -0.4 is 5.32 Å². The number of carbonyl (C=O) groups is 2. The fourth-order valence-corrected chi connectivity index (χ4v) is 0.641. The molecule has 0 radical (unpaired) electrons. The van der Waals surface area contributed by atoms with Crippen molar-refractivity contribution in [3.05, 3.63) is 0 Å². The van der Waals surface area contributed by atoms with Crippen LogP contribution in [0, 0.1) is 0 Å². The Labute approximate surface area is 82.9 Å². The van der Waals surface area contributed by atoms with Gasteiger partial charge in [0.15, 0.2) is 6.10 Å². The van der Waals surface area contributed by atoms with Gasteiger partial charge >= 0.3 is 12.1 Å². The largest absolute Gasteiger partial charge is 0.479 e. The fourth-order valence-electron chi connectivity index (χ4n) is 0.641. The first kappa shape index (κ1) is 13.7. The van der Waals surface area contributed by atoms with Crippen LogP contribution in [0.5, 0.6) is 0 Å². The zero-order valence-electron chi connectivity index (χ0n) is 7.54. The van der Waals surface area contributed by atoms with Crippen molar-refractivity contribution in [1.82, 2.24) is 5.32 Å². The number of nitrogens with one attached hydrogen (secondary N) is 1. The van der Waals surface area contributed by atoms with Gasteiger partial charge in [0.05, 0.1) is 13.0 Å². The van der Waals surface area contributed by atoms with Crippen molar-refractivity contribution in [3.63, 3.8) is 0 Å². The average Bonchev–Trinajstić information content (AvgIpc) is 2.09. The smallest absolute Gasteiger partial charge is 0.389 e. The number of carboxylic acid groups (broad SMARTS) is 1. The number of hydrogen-bond acceptors (Lipinski definition) is 3. The highest BCUT2D eigenvalue weighted by Gasteiger charge is 2.28. The molecule has 88 valence electrons. The molecule has 1 amide bonds. The van der Waals surface area contributed by atoms with E-state index >= 15 is 0 Å². The number of alkyl halides is 3. The van der Waals surface area contributed by atoms with E-state index in [2.05, 4.69) is 0 Å². The Morgan fingerprint density at radius 2 is 1.87 bits per heavy atom. The molecular formula is C7H10F3NO4. The van der Waals surface area contributed by atoms with Crippen LogP contribution in [0.3, 0.4) is 0 Å². The highest BCUT2D eigenvalue weighted by molar-refractivity contribution is 5.77. The molecule has 15 heavy (non-hydrogen) atoms. The number of aliphatic hydroxyl groups is 1. The Bertz CT molecular complexity index is 241. The van der Waals surface area contributed by atoms with Crippen LogP contribution >= 0.6 is 0 Å². The summed E-state index contributed by atoms with van der Waals surface area (Å²) in [4.78, 5) is 20.7. The molecule has 0 unspecified atom stereocenters. The molecule has 5 nitrogen and oxygen atoms in total. The number of rotatable bonds is 5. The minimum atomic E-state index is -4.43. The van der Waals surface area contributed by atoms with Gasteiger partial charge in [-0.15, -0.1) is 0 Å². The van der Waals surface area contributed by atoms with Crippen molar-refractivity contribution in [2.75, 3.05) is 6.54 Å². The zero-order chi connectivity index (χ0) is 12.1. The van der Waals surface area contributed by atoms with Gasteiger partial charge in [-0.1, -0.05) is 0 Å². The van der Waals surface area contributed by atoms with E-state index < -0.39 is 43.5 Å². The highest BCUT2D eigenvalue weighted by atomic mass is 19.4. The lowest BCUT2D eigenvalue weighted by Gasteiger charge is -2.08. The predicted molar refractivity (Wildman–Crippen MR) is 41.9 cm³/mol. The van der Waals surface area contributed by atoms with Crippen LogP contribution in [0.15, 0.2) is 0 Å². The van der Waals surface area contributed by atoms with Gasteiger partial charge in [-0.3, -0.25) is 4.79 Å². The Hall–Kier alpha value is -1.31. The van der Waals surface area contributed by atoms with Gasteiger partial charge in [0.25, 0.3) is 0 Å². The number of carbonyl (C=O) groups excluding carboxylic acids is 1. The molecule has 0 aliphatic rings. The summed E-state index contributed by atoms with van der Waals surface area (Å²) in [6.07, 6.45) is -8.29. The number of carboxylic acids is 1. The Morgan fingerprint density at radius 3 is 2.27 bits per heavy atom. The Balaban J connectivity index is 3.72. The first-order valence-electron chi connectivity index (χ1n) is 3.96. The summed E-state index contributed by atoms with van der Waals surface area (Å²) >= 11 is 0. The standard InChI is InChI=1S/C7H10F3NO4/c8-7(9,10)2-1-5(13)11-3-4(12)6(14)15/h4,12H,1-3H2,(H,11,13)(H,14,15)/t4-/m0/s1. The van der Waals surface area contributed by atoms with Gasteiger partial charge in [0.2, 0.25) is 5.91 Å². The lowest BCUT2D eigenvalue weighted by molar-refractivity contribution is -0.148. The molecule has 0 aliphatic carbocycles. The van der Waals surface area contributed by atoms with Crippen molar-refractivity contribution in [2.24, 2.45) is 0 Å². The molecule has 0 aliphatic heterocycles. The molecule has 1 atom stereocenters. The van der Waals surface area contributed by atoms with E-state index in [-0.39, 0.29) is 0 Å². The highest BCUT2D eigenvalue weighted by Crippen LogP contribution is 2.20. The molecule has 0 spiro atoms. The van der Waals surface area contributed by atoms with Crippen molar-refractivity contribution >= 4 is 11.9 Å². The third-order valence-electron chi connectivity index (χ3n) is 1.41. The van der Waals surface area contributed by atoms with Crippen LogP contribution in [0.4, 0.5) is 13.2 Å². The molecule has 3 N–H and O–H groups in total. The molecule has 0 aromatic heterocycles. The van der Waals surface area contributed by atoms with E-state index in [0.717, 1.165) is 0 Å². The third kappa shape index (κ3) is 7.74. The molecule has 0 bridgehead atoms. The van der Waals surface area contributed by atoms with Crippen molar-refractivity contribution in [3.8, 4) is 0 Å². The van der Waals surface area contributed by atoms with Crippen LogP contribution in [0.1, 0.15) is 12.8 Å². The summed E-state index contributed by atoms with van der Waals surface area (Å²) in [6.45, 7) is -0.605. The minimum absolute atomic E-state index is 0.605. The topological polar surface area (TPSA) is 86.6 Å². The van der Waals surface area contributed by atoms with Crippen molar-refractivity contribution < 1.29 is 33.0 Å². The van der Waals surface area contributed by atoms with Gasteiger partial charge in [0.1, 0.15) is 0 Å². The molecule has 0 aromatic rings. The lowest BCUT2D eigenvalue weighted by atomic mass is 10.3. The first-order valence-corrected chi connectivity index (χ1v) is 3.96. The lowest BCUT2D eigenvalue weighted by Crippen LogP contribution is -2.36. The van der Waals surface area contributed by atoms with Crippen molar-refractivity contribution in [2.45, 2.75) is 25.1 Å². The van der Waals surface area contributed by atoms with Gasteiger partial charge in [-0.05, 0) is 0 Å². The molecule has 0 saturated heterocycles. The van der Waals surface area contributed by atoms with E-state index in [1.165, 1.54) is 0 Å². The molecule has 0 rings (SSSR count). The van der Waals surface area contributed by atoms with Gasteiger partial charge < -0.3 is 15.5 Å². The first-order chi connectivity index (χ1) is 6.72. The SMILES string of the molecule is O=C(CCC(F)(F)F)NC[C@H](O)C(=O)O. The molecule has 0 fully saturated rings. The van der Waals surface area contributed by atoms with E-state index in [1.54, 1.807) is 0 Å². The maximum absolute atomic E-state index is 11.6. The Kier molecular flexibility index (Phi) is 5.06. The second kappa shape index (κ2) is 5.54. The normalized spacial score (nSPS) is 13.3. The van der Waals surface area contributed by atoms with Crippen LogP contribution in [-0.2, 0) is 9.59 Å². The quantitative estimate of drug-likeness (QED) is 0.614. The van der Waals surface area contributed by atoms with Crippen molar-refractivity contribution in [1.29, 1.82) is 0 Å². The number of aliphatic carboxylic acids is 1. The summed E-state index contributed by atoms with van der Waals surface area (Å²) in [7, 11) is 0. The maximum Gasteiger partial charge on any atom is 0.389 e. The van der Waals surface area contributed by atoms with Gasteiger partial charge in [-0.25, -0.2) is 4.79 Å². The second-order valence-corrected chi connectivity index (χ2v) is 2.77. The Morgan fingerprint density at radius 1 is 1.33 bits per heavy atom. The molecular weight excluding hydrogens is 219 g/mol. The molecule has 8 heteroatoms.